The van der Waals surface area contributed by atoms with Crippen LogP contribution in [0.5, 0.6) is 0 Å². The number of hydrogen-bond donors (Lipinski definition) is 1. The lowest BCUT2D eigenvalue weighted by Crippen LogP contribution is -2.57. The van der Waals surface area contributed by atoms with Gasteiger partial charge in [-0.15, -0.1) is 0 Å². The lowest BCUT2D eigenvalue weighted by Gasteiger charge is -2.33. The number of nitrogens with one attached hydrogen (secondary N) is 1. The van der Waals surface area contributed by atoms with E-state index in [-0.39, 0.29) is 5.97 Å². The van der Waals surface area contributed by atoms with Crippen molar-refractivity contribution >= 4 is 5.97 Å². The zero-order chi connectivity index (χ0) is 13.4. The third kappa shape index (κ3) is 4.58. The van der Waals surface area contributed by atoms with Crippen molar-refractivity contribution in [2.45, 2.75) is 52.0 Å². The van der Waals surface area contributed by atoms with Crippen molar-refractivity contribution in [2.24, 2.45) is 0 Å². The Balaban J connectivity index is 2.61. The summed E-state index contributed by atoms with van der Waals surface area (Å²) in [7, 11) is 0. The van der Waals surface area contributed by atoms with Crippen LogP contribution in [0.1, 0.15) is 46.5 Å². The molecule has 4 heteroatoms. The fourth-order valence-electron chi connectivity index (χ4n) is 2.61. The number of likely N-dealkylation sites (tertiary alicyclic amines) is 1. The van der Waals surface area contributed by atoms with E-state index in [0.29, 0.717) is 6.61 Å². The van der Waals surface area contributed by atoms with Gasteiger partial charge in [-0.25, -0.2) is 0 Å². The molecule has 0 spiro atoms. The molecular weight excluding hydrogens is 228 g/mol. The molecule has 0 amide bonds. The highest BCUT2D eigenvalue weighted by atomic mass is 16.5. The maximum atomic E-state index is 12.1. The highest BCUT2D eigenvalue weighted by Gasteiger charge is 2.35. The second kappa shape index (κ2) is 7.74. The molecule has 4 nitrogen and oxygen atoms in total. The Morgan fingerprint density at radius 2 is 1.83 bits per heavy atom. The standard InChI is InChI=1S/C14H28N2O2/c1-4-15-14(3,13(17)18-5-2)12-16-10-8-6-7-9-11-16/h15H,4-12H2,1-3H3. The second-order valence-corrected chi connectivity index (χ2v) is 5.27. The van der Waals surface area contributed by atoms with Gasteiger partial charge in [0.2, 0.25) is 0 Å². The Kier molecular flexibility index (Phi) is 6.65. The first-order valence-electron chi connectivity index (χ1n) is 7.27. The van der Waals surface area contributed by atoms with Crippen LogP contribution in [0.15, 0.2) is 0 Å². The number of hydrogen-bond acceptors (Lipinski definition) is 4. The Bertz CT molecular complexity index is 250. The summed E-state index contributed by atoms with van der Waals surface area (Å²) in [6.07, 6.45) is 5.11. The quantitative estimate of drug-likeness (QED) is 0.736. The molecule has 1 aliphatic rings. The van der Waals surface area contributed by atoms with Gasteiger partial charge in [0.05, 0.1) is 6.61 Å². The number of esters is 1. The van der Waals surface area contributed by atoms with E-state index in [1.807, 2.05) is 20.8 Å². The normalized spacial score (nSPS) is 21.1. The number of likely N-dealkylation sites (N-methyl/N-ethyl adjacent to an activating group) is 1. The molecule has 0 aromatic carbocycles. The Morgan fingerprint density at radius 1 is 1.22 bits per heavy atom. The minimum atomic E-state index is -0.574. The van der Waals surface area contributed by atoms with Crippen LogP contribution in [0, 0.1) is 0 Å². The summed E-state index contributed by atoms with van der Waals surface area (Å²) in [5, 5.41) is 3.30. The summed E-state index contributed by atoms with van der Waals surface area (Å²) in [4.78, 5) is 14.5. The lowest BCUT2D eigenvalue weighted by atomic mass is 10.0. The van der Waals surface area contributed by atoms with Crippen molar-refractivity contribution in [3.05, 3.63) is 0 Å². The third-order valence-electron chi connectivity index (χ3n) is 3.53. The fourth-order valence-corrected chi connectivity index (χ4v) is 2.61. The SMILES string of the molecule is CCNC(C)(CN1CCCCCC1)C(=O)OCC. The smallest absolute Gasteiger partial charge is 0.327 e. The fraction of sp³-hybridized carbons (Fsp3) is 0.929. The van der Waals surface area contributed by atoms with Gasteiger partial charge in [-0.3, -0.25) is 4.79 Å². The minimum Gasteiger partial charge on any atom is -0.465 e. The maximum absolute atomic E-state index is 12.1. The molecule has 1 unspecified atom stereocenters. The van der Waals surface area contributed by atoms with Gasteiger partial charge in [0, 0.05) is 6.54 Å². The molecule has 1 saturated heterocycles. The topological polar surface area (TPSA) is 41.6 Å². The van der Waals surface area contributed by atoms with Gasteiger partial charge in [0.25, 0.3) is 0 Å². The van der Waals surface area contributed by atoms with Crippen LogP contribution >= 0.6 is 0 Å². The summed E-state index contributed by atoms with van der Waals surface area (Å²) in [6.45, 7) is 10.0. The molecule has 106 valence electrons. The average Bonchev–Trinajstić information content (AvgIpc) is 2.58. The molecule has 18 heavy (non-hydrogen) atoms. The summed E-state index contributed by atoms with van der Waals surface area (Å²) >= 11 is 0. The van der Waals surface area contributed by atoms with Crippen molar-refractivity contribution in [3.63, 3.8) is 0 Å². The molecule has 1 rings (SSSR count). The van der Waals surface area contributed by atoms with Crippen molar-refractivity contribution in [2.75, 3.05) is 32.8 Å². The number of ether oxygens (including phenoxy) is 1. The minimum absolute atomic E-state index is 0.129. The van der Waals surface area contributed by atoms with Crippen LogP contribution in [0.25, 0.3) is 0 Å². The number of rotatable bonds is 6. The zero-order valence-corrected chi connectivity index (χ0v) is 12.1. The highest BCUT2D eigenvalue weighted by molar-refractivity contribution is 5.80. The largest absolute Gasteiger partial charge is 0.465 e. The van der Waals surface area contributed by atoms with Crippen molar-refractivity contribution < 1.29 is 9.53 Å². The summed E-state index contributed by atoms with van der Waals surface area (Å²) < 4.78 is 5.20. The summed E-state index contributed by atoms with van der Waals surface area (Å²) in [5.74, 6) is -0.129. The van der Waals surface area contributed by atoms with Crippen LogP contribution in [0.3, 0.4) is 0 Å². The summed E-state index contributed by atoms with van der Waals surface area (Å²) in [5.41, 5.74) is -0.574. The van der Waals surface area contributed by atoms with Gasteiger partial charge >= 0.3 is 5.97 Å². The van der Waals surface area contributed by atoms with Gasteiger partial charge in [0.15, 0.2) is 0 Å². The van der Waals surface area contributed by atoms with Crippen LogP contribution in [-0.2, 0) is 9.53 Å². The second-order valence-electron chi connectivity index (χ2n) is 5.27. The number of carbonyl (C=O) groups is 1. The Labute approximate surface area is 111 Å². The zero-order valence-electron chi connectivity index (χ0n) is 12.1. The first-order valence-corrected chi connectivity index (χ1v) is 7.27. The van der Waals surface area contributed by atoms with Crippen molar-refractivity contribution in [1.29, 1.82) is 0 Å². The third-order valence-corrected chi connectivity index (χ3v) is 3.53. The first kappa shape index (κ1) is 15.4. The Hall–Kier alpha value is -0.610. The maximum Gasteiger partial charge on any atom is 0.327 e. The van der Waals surface area contributed by atoms with Gasteiger partial charge in [0.1, 0.15) is 5.54 Å². The van der Waals surface area contributed by atoms with Gasteiger partial charge in [-0.2, -0.15) is 0 Å². The van der Waals surface area contributed by atoms with Crippen LogP contribution in [-0.4, -0.2) is 49.2 Å². The van der Waals surface area contributed by atoms with Crippen molar-refractivity contribution in [3.8, 4) is 0 Å². The average molecular weight is 256 g/mol. The molecule has 1 aliphatic heterocycles. The Morgan fingerprint density at radius 3 is 2.33 bits per heavy atom. The predicted molar refractivity (Wildman–Crippen MR) is 73.6 cm³/mol. The van der Waals surface area contributed by atoms with Crippen molar-refractivity contribution in [1.82, 2.24) is 10.2 Å². The molecule has 0 saturated carbocycles. The molecule has 1 fully saturated rings. The van der Waals surface area contributed by atoms with E-state index in [2.05, 4.69) is 10.2 Å². The number of nitrogens with zero attached hydrogens (tertiary/aromatic N) is 1. The molecule has 0 aliphatic carbocycles. The van der Waals surface area contributed by atoms with E-state index < -0.39 is 5.54 Å². The van der Waals surface area contributed by atoms with Crippen LogP contribution < -0.4 is 5.32 Å². The van der Waals surface area contributed by atoms with E-state index >= 15 is 0 Å². The van der Waals surface area contributed by atoms with Gasteiger partial charge in [-0.1, -0.05) is 19.8 Å². The predicted octanol–water partition coefficient (Wildman–Crippen LogP) is 1.79. The van der Waals surface area contributed by atoms with Gasteiger partial charge < -0.3 is 15.0 Å². The van der Waals surface area contributed by atoms with Crippen LogP contribution in [0.2, 0.25) is 0 Å². The van der Waals surface area contributed by atoms with Gasteiger partial charge in [-0.05, 0) is 46.3 Å². The van der Waals surface area contributed by atoms with E-state index in [4.69, 9.17) is 4.74 Å². The molecule has 1 atom stereocenters. The molecule has 1 heterocycles. The molecule has 0 aromatic rings. The van der Waals surface area contributed by atoms with E-state index in [0.717, 1.165) is 26.2 Å². The van der Waals surface area contributed by atoms with E-state index in [1.165, 1.54) is 25.7 Å². The first-order chi connectivity index (χ1) is 8.62. The van der Waals surface area contributed by atoms with Crippen LogP contribution in [0.4, 0.5) is 0 Å². The molecule has 0 bridgehead atoms. The molecular formula is C14H28N2O2. The molecule has 0 aromatic heterocycles. The molecule has 1 N–H and O–H groups in total. The van der Waals surface area contributed by atoms with E-state index in [1.54, 1.807) is 0 Å². The molecule has 0 radical (unpaired) electrons. The number of carbonyl (C=O) groups excluding carboxylic acids is 1. The summed E-state index contributed by atoms with van der Waals surface area (Å²) in [6, 6.07) is 0. The van der Waals surface area contributed by atoms with E-state index in [9.17, 15) is 4.79 Å². The highest BCUT2D eigenvalue weighted by Crippen LogP contribution is 2.15. The lowest BCUT2D eigenvalue weighted by molar-refractivity contribution is -0.151. The monoisotopic (exact) mass is 256 g/mol.